The summed E-state index contributed by atoms with van der Waals surface area (Å²) >= 11 is 0. The molecule has 0 aliphatic rings. The number of carbonyl (C=O) groups is 1. The summed E-state index contributed by atoms with van der Waals surface area (Å²) in [6, 6.07) is 24.5. The minimum absolute atomic E-state index is 0.227. The SMILES string of the molecule is CO/N=C(/COc1ccc(COc2ccc(C(C#N)CC(=O)O)cc2)cc1)c1cccc(C)c1. The summed E-state index contributed by atoms with van der Waals surface area (Å²) in [7, 11) is 1.51. The second kappa shape index (κ2) is 12.1. The van der Waals surface area contributed by atoms with Gasteiger partial charge in [-0.25, -0.2) is 0 Å². The quantitative estimate of drug-likeness (QED) is 0.317. The largest absolute Gasteiger partial charge is 0.489 e. The molecule has 0 fully saturated rings. The fourth-order valence-electron chi connectivity index (χ4n) is 3.31. The van der Waals surface area contributed by atoms with Crippen LogP contribution in [-0.2, 0) is 16.2 Å². The van der Waals surface area contributed by atoms with Crippen molar-refractivity contribution >= 4 is 11.7 Å². The Hall–Kier alpha value is -4.31. The average Bonchev–Trinajstić information content (AvgIpc) is 2.84. The number of carboxylic acids is 1. The smallest absolute Gasteiger partial charge is 0.305 e. The van der Waals surface area contributed by atoms with Gasteiger partial charge in [-0.15, -0.1) is 0 Å². The molecule has 0 aromatic heterocycles. The average molecular weight is 459 g/mol. The molecule has 0 saturated carbocycles. The molecule has 0 aliphatic heterocycles. The Kier molecular flexibility index (Phi) is 8.64. The van der Waals surface area contributed by atoms with Crippen LogP contribution in [0.2, 0.25) is 0 Å². The second-order valence-corrected chi connectivity index (χ2v) is 7.66. The third-order valence-corrected chi connectivity index (χ3v) is 5.07. The van der Waals surface area contributed by atoms with Crippen LogP contribution in [0.15, 0.2) is 78.0 Å². The Bertz CT molecular complexity index is 1160. The first-order valence-corrected chi connectivity index (χ1v) is 10.7. The van der Waals surface area contributed by atoms with Gasteiger partial charge in [0.1, 0.15) is 37.5 Å². The summed E-state index contributed by atoms with van der Waals surface area (Å²) < 4.78 is 11.7. The molecule has 7 nitrogen and oxygen atoms in total. The predicted octanol–water partition coefficient (Wildman–Crippen LogP) is 5.09. The van der Waals surface area contributed by atoms with E-state index in [1.807, 2.05) is 61.5 Å². The highest BCUT2D eigenvalue weighted by Crippen LogP contribution is 2.23. The van der Waals surface area contributed by atoms with Gasteiger partial charge in [-0.3, -0.25) is 4.79 Å². The van der Waals surface area contributed by atoms with Gasteiger partial charge in [-0.2, -0.15) is 5.26 Å². The van der Waals surface area contributed by atoms with E-state index in [2.05, 4.69) is 5.16 Å². The Labute approximate surface area is 198 Å². The fraction of sp³-hybridized carbons (Fsp3) is 0.222. The number of nitriles is 1. The topological polar surface area (TPSA) is 101 Å². The molecule has 0 bridgehead atoms. The lowest BCUT2D eigenvalue weighted by Crippen LogP contribution is -2.13. The normalized spacial score (nSPS) is 11.9. The van der Waals surface area contributed by atoms with Crippen molar-refractivity contribution in [3.8, 4) is 17.6 Å². The molecular formula is C27H26N2O5. The van der Waals surface area contributed by atoms with Gasteiger partial charge < -0.3 is 19.4 Å². The zero-order valence-electron chi connectivity index (χ0n) is 19.1. The lowest BCUT2D eigenvalue weighted by Gasteiger charge is -2.11. The van der Waals surface area contributed by atoms with Crippen molar-refractivity contribution in [3.05, 3.63) is 95.1 Å². The number of rotatable bonds is 11. The van der Waals surface area contributed by atoms with Gasteiger partial charge in [0.25, 0.3) is 0 Å². The second-order valence-electron chi connectivity index (χ2n) is 7.66. The molecule has 0 heterocycles. The summed E-state index contributed by atoms with van der Waals surface area (Å²) in [5, 5.41) is 22.2. The van der Waals surface area contributed by atoms with Gasteiger partial charge in [-0.05, 0) is 48.4 Å². The first-order valence-electron chi connectivity index (χ1n) is 10.7. The molecule has 1 atom stereocenters. The highest BCUT2D eigenvalue weighted by Gasteiger charge is 2.14. The van der Waals surface area contributed by atoms with Crippen molar-refractivity contribution in [2.45, 2.75) is 25.9 Å². The highest BCUT2D eigenvalue weighted by molar-refractivity contribution is 6.01. The number of oxime groups is 1. The first-order chi connectivity index (χ1) is 16.5. The van der Waals surface area contributed by atoms with Crippen LogP contribution in [0.25, 0.3) is 0 Å². The number of carboxylic acid groups (broad SMARTS) is 1. The van der Waals surface area contributed by atoms with E-state index >= 15 is 0 Å². The van der Waals surface area contributed by atoms with Crippen molar-refractivity contribution in [3.63, 3.8) is 0 Å². The number of hydrogen-bond acceptors (Lipinski definition) is 6. The lowest BCUT2D eigenvalue weighted by molar-refractivity contribution is -0.137. The standard InChI is InChI=1S/C27H26N2O5/c1-19-4-3-5-22(14-19)26(29-32-2)18-34-24-10-6-20(7-11-24)17-33-25-12-8-21(9-13-25)23(16-28)15-27(30)31/h3-14,23H,15,17-18H2,1-2H3,(H,30,31)/b29-26-. The van der Waals surface area contributed by atoms with E-state index in [1.165, 1.54) is 7.11 Å². The van der Waals surface area contributed by atoms with Crippen LogP contribution in [0.5, 0.6) is 11.5 Å². The molecular weight excluding hydrogens is 432 g/mol. The molecule has 0 radical (unpaired) electrons. The Balaban J connectivity index is 1.54. The van der Waals surface area contributed by atoms with E-state index in [1.54, 1.807) is 24.3 Å². The van der Waals surface area contributed by atoms with Crippen molar-refractivity contribution in [2.24, 2.45) is 5.16 Å². The minimum atomic E-state index is -1.00. The van der Waals surface area contributed by atoms with Crippen LogP contribution in [-0.4, -0.2) is 30.5 Å². The maximum Gasteiger partial charge on any atom is 0.305 e. The molecule has 0 spiro atoms. The molecule has 3 aromatic rings. The molecule has 7 heteroatoms. The number of aryl methyl sites for hydroxylation is 1. The van der Waals surface area contributed by atoms with Crippen LogP contribution in [0.1, 0.15) is 34.6 Å². The Morgan fingerprint density at radius 3 is 2.32 bits per heavy atom. The number of benzene rings is 3. The number of aliphatic carboxylic acids is 1. The fourth-order valence-corrected chi connectivity index (χ4v) is 3.31. The monoisotopic (exact) mass is 458 g/mol. The summed E-state index contributed by atoms with van der Waals surface area (Å²) in [5.74, 6) is -0.351. The van der Waals surface area contributed by atoms with Gasteiger partial charge in [0, 0.05) is 5.56 Å². The van der Waals surface area contributed by atoms with E-state index in [0.717, 1.165) is 16.7 Å². The maximum absolute atomic E-state index is 10.9. The summed E-state index contributed by atoms with van der Waals surface area (Å²) in [4.78, 5) is 15.8. The summed E-state index contributed by atoms with van der Waals surface area (Å²) in [5.41, 5.74) is 4.39. The maximum atomic E-state index is 10.9. The molecule has 34 heavy (non-hydrogen) atoms. The zero-order chi connectivity index (χ0) is 24.3. The van der Waals surface area contributed by atoms with E-state index < -0.39 is 11.9 Å². The number of nitrogens with zero attached hydrogens (tertiary/aromatic N) is 2. The lowest BCUT2D eigenvalue weighted by atomic mass is 9.97. The molecule has 0 amide bonds. The van der Waals surface area contributed by atoms with Crippen LogP contribution in [0, 0.1) is 18.3 Å². The number of ether oxygens (including phenoxy) is 2. The Morgan fingerprint density at radius 1 is 1.03 bits per heavy atom. The molecule has 1 N–H and O–H groups in total. The third-order valence-electron chi connectivity index (χ3n) is 5.07. The molecule has 0 saturated heterocycles. The van der Waals surface area contributed by atoms with E-state index in [0.29, 0.717) is 29.4 Å². The molecule has 3 aromatic carbocycles. The van der Waals surface area contributed by atoms with Crippen molar-refractivity contribution in [2.75, 3.05) is 13.7 Å². The predicted molar refractivity (Wildman–Crippen MR) is 128 cm³/mol. The van der Waals surface area contributed by atoms with Crippen molar-refractivity contribution < 1.29 is 24.2 Å². The highest BCUT2D eigenvalue weighted by atomic mass is 16.6. The minimum Gasteiger partial charge on any atom is -0.489 e. The zero-order valence-corrected chi connectivity index (χ0v) is 19.1. The molecule has 0 aliphatic carbocycles. The molecule has 3 rings (SSSR count). The van der Waals surface area contributed by atoms with Gasteiger partial charge in [0.2, 0.25) is 0 Å². The third kappa shape index (κ3) is 7.10. The number of hydrogen-bond donors (Lipinski definition) is 1. The van der Waals surface area contributed by atoms with Gasteiger partial charge in [0.05, 0.1) is 18.4 Å². The van der Waals surface area contributed by atoms with Crippen LogP contribution in [0.4, 0.5) is 0 Å². The van der Waals surface area contributed by atoms with Gasteiger partial charge >= 0.3 is 5.97 Å². The van der Waals surface area contributed by atoms with Crippen molar-refractivity contribution in [1.82, 2.24) is 0 Å². The Morgan fingerprint density at radius 2 is 1.71 bits per heavy atom. The summed E-state index contributed by atoms with van der Waals surface area (Å²) in [6.07, 6.45) is -0.227. The van der Waals surface area contributed by atoms with E-state index in [4.69, 9.17) is 24.7 Å². The molecule has 174 valence electrons. The van der Waals surface area contributed by atoms with Crippen LogP contribution >= 0.6 is 0 Å². The van der Waals surface area contributed by atoms with Gasteiger partial charge in [-0.1, -0.05) is 53.2 Å². The van der Waals surface area contributed by atoms with E-state index in [9.17, 15) is 4.79 Å². The van der Waals surface area contributed by atoms with E-state index in [-0.39, 0.29) is 13.0 Å². The van der Waals surface area contributed by atoms with Crippen LogP contribution < -0.4 is 9.47 Å². The summed E-state index contributed by atoms with van der Waals surface area (Å²) in [6.45, 7) is 2.65. The van der Waals surface area contributed by atoms with Gasteiger partial charge in [0.15, 0.2) is 0 Å². The molecule has 1 unspecified atom stereocenters. The van der Waals surface area contributed by atoms with Crippen LogP contribution in [0.3, 0.4) is 0 Å². The first kappa shape index (κ1) is 24.3. The van der Waals surface area contributed by atoms with Crippen molar-refractivity contribution in [1.29, 1.82) is 5.26 Å².